The molecule has 3 nitrogen and oxygen atoms in total. The Bertz CT molecular complexity index is 325. The van der Waals surface area contributed by atoms with Crippen molar-refractivity contribution in [2.75, 3.05) is 0 Å². The minimum Gasteiger partial charge on any atom is -0.212 e. The average molecular weight is 217 g/mol. The van der Waals surface area contributed by atoms with Crippen molar-refractivity contribution in [2.45, 2.75) is 50.8 Å². The van der Waals surface area contributed by atoms with Gasteiger partial charge in [0.25, 0.3) is 0 Å². The van der Waals surface area contributed by atoms with Crippen molar-refractivity contribution in [2.24, 2.45) is 0 Å². The van der Waals surface area contributed by atoms with Crippen molar-refractivity contribution in [3.05, 3.63) is 12.2 Å². The third kappa shape index (κ3) is 2.36. The summed E-state index contributed by atoms with van der Waals surface area (Å²) in [6.07, 6.45) is 2.86. The molecule has 1 N–H and O–H groups in total. The monoisotopic (exact) mass is 217 g/mol. The summed E-state index contributed by atoms with van der Waals surface area (Å²) in [6.45, 7) is 8.98. The summed E-state index contributed by atoms with van der Waals surface area (Å²) in [5.74, 6) is 0. The molecule has 0 heterocycles. The minimum absolute atomic E-state index is 0.0424. The van der Waals surface area contributed by atoms with Crippen LogP contribution < -0.4 is 4.72 Å². The molecule has 1 aliphatic carbocycles. The van der Waals surface area contributed by atoms with Crippen LogP contribution in [0.25, 0.3) is 0 Å². The topological polar surface area (TPSA) is 46.2 Å². The van der Waals surface area contributed by atoms with Gasteiger partial charge in [-0.15, -0.1) is 0 Å². The molecule has 1 atom stereocenters. The third-order valence-corrected chi connectivity index (χ3v) is 4.79. The van der Waals surface area contributed by atoms with Gasteiger partial charge in [0.05, 0.1) is 4.75 Å². The lowest BCUT2D eigenvalue weighted by Crippen LogP contribution is -2.44. The summed E-state index contributed by atoms with van der Waals surface area (Å²) in [6, 6.07) is -0.0424. The van der Waals surface area contributed by atoms with Crippen LogP contribution in [0.15, 0.2) is 12.2 Å². The lowest BCUT2D eigenvalue weighted by molar-refractivity contribution is 0.533. The average Bonchev–Trinajstić information content (AvgIpc) is 2.33. The summed E-state index contributed by atoms with van der Waals surface area (Å²) in [5.41, 5.74) is 1.01. The quantitative estimate of drug-likeness (QED) is 0.717. The number of rotatable bonds is 2. The fourth-order valence-corrected chi connectivity index (χ4v) is 2.43. The molecule has 0 amide bonds. The zero-order valence-electron chi connectivity index (χ0n) is 9.13. The number of nitrogens with one attached hydrogen (secondary N) is 1. The second-order valence-electron chi connectivity index (χ2n) is 4.84. The highest BCUT2D eigenvalue weighted by atomic mass is 32.2. The van der Waals surface area contributed by atoms with Crippen molar-refractivity contribution in [1.29, 1.82) is 0 Å². The Labute approximate surface area is 86.6 Å². The summed E-state index contributed by atoms with van der Waals surface area (Å²) in [7, 11) is -3.22. The normalized spacial score (nSPS) is 24.2. The highest BCUT2D eigenvalue weighted by Crippen LogP contribution is 2.25. The van der Waals surface area contributed by atoms with Gasteiger partial charge in [-0.1, -0.05) is 12.2 Å². The predicted octanol–water partition coefficient (Wildman–Crippen LogP) is 1.81. The maximum atomic E-state index is 11.8. The van der Waals surface area contributed by atoms with E-state index in [1.807, 2.05) is 0 Å². The lowest BCUT2D eigenvalue weighted by atomic mass is 10.2. The van der Waals surface area contributed by atoms with Crippen LogP contribution in [0.5, 0.6) is 0 Å². The molecule has 14 heavy (non-hydrogen) atoms. The van der Waals surface area contributed by atoms with Crippen LogP contribution in [0.4, 0.5) is 0 Å². The van der Waals surface area contributed by atoms with Crippen LogP contribution >= 0.6 is 0 Å². The van der Waals surface area contributed by atoms with Crippen LogP contribution in [0, 0.1) is 0 Å². The first-order valence-corrected chi connectivity index (χ1v) is 6.42. The zero-order chi connectivity index (χ0) is 11.0. The predicted molar refractivity (Wildman–Crippen MR) is 58.6 cm³/mol. The fraction of sp³-hybridized carbons (Fsp3) is 0.800. The van der Waals surface area contributed by atoms with Crippen molar-refractivity contribution in [3.8, 4) is 0 Å². The van der Waals surface area contributed by atoms with Gasteiger partial charge in [-0.05, 0) is 40.0 Å². The van der Waals surface area contributed by atoms with E-state index < -0.39 is 14.8 Å². The smallest absolute Gasteiger partial charge is 0.212 e. The molecular formula is C10H19NO2S. The molecule has 1 rings (SSSR count). The van der Waals surface area contributed by atoms with Crippen molar-refractivity contribution < 1.29 is 8.42 Å². The minimum atomic E-state index is -3.22. The highest BCUT2D eigenvalue weighted by molar-refractivity contribution is 7.90. The van der Waals surface area contributed by atoms with E-state index in [0.29, 0.717) is 0 Å². The van der Waals surface area contributed by atoms with Gasteiger partial charge in [0.15, 0.2) is 0 Å². The second-order valence-corrected chi connectivity index (χ2v) is 7.30. The van der Waals surface area contributed by atoms with Gasteiger partial charge in [0, 0.05) is 6.04 Å². The van der Waals surface area contributed by atoms with E-state index >= 15 is 0 Å². The molecule has 4 heteroatoms. The molecule has 0 aromatic heterocycles. The van der Waals surface area contributed by atoms with Gasteiger partial charge in [0.2, 0.25) is 10.0 Å². The molecule has 0 aromatic rings. The maximum absolute atomic E-state index is 11.8. The van der Waals surface area contributed by atoms with Gasteiger partial charge in [-0.2, -0.15) is 0 Å². The first-order chi connectivity index (χ1) is 6.24. The molecule has 0 spiro atoms. The molecule has 1 fully saturated rings. The van der Waals surface area contributed by atoms with E-state index in [9.17, 15) is 8.42 Å². The Hall–Kier alpha value is -0.350. The summed E-state index contributed by atoms with van der Waals surface area (Å²) in [4.78, 5) is 0. The Morgan fingerprint density at radius 3 is 2.36 bits per heavy atom. The van der Waals surface area contributed by atoms with Crippen LogP contribution in [-0.2, 0) is 10.0 Å². The van der Waals surface area contributed by atoms with Gasteiger partial charge < -0.3 is 0 Å². The van der Waals surface area contributed by atoms with Crippen LogP contribution in [0.1, 0.15) is 40.0 Å². The summed E-state index contributed by atoms with van der Waals surface area (Å²) in [5, 5.41) is 0. The van der Waals surface area contributed by atoms with Gasteiger partial charge in [0.1, 0.15) is 0 Å². The van der Waals surface area contributed by atoms with E-state index in [1.165, 1.54) is 0 Å². The molecule has 0 radical (unpaired) electrons. The zero-order valence-corrected chi connectivity index (χ0v) is 9.95. The fourth-order valence-electron chi connectivity index (χ4n) is 1.42. The Balaban J connectivity index is 2.74. The molecule has 1 unspecified atom stereocenters. The Kier molecular flexibility index (Phi) is 3.07. The van der Waals surface area contributed by atoms with Gasteiger partial charge in [-0.25, -0.2) is 13.1 Å². The van der Waals surface area contributed by atoms with Gasteiger partial charge in [-0.3, -0.25) is 0 Å². The van der Waals surface area contributed by atoms with E-state index in [0.717, 1.165) is 24.8 Å². The van der Waals surface area contributed by atoms with Crippen molar-refractivity contribution in [1.82, 2.24) is 4.72 Å². The molecule has 1 saturated carbocycles. The van der Waals surface area contributed by atoms with E-state index in [1.54, 1.807) is 20.8 Å². The molecule has 0 saturated heterocycles. The van der Waals surface area contributed by atoms with Crippen molar-refractivity contribution in [3.63, 3.8) is 0 Å². The number of hydrogen-bond donors (Lipinski definition) is 1. The maximum Gasteiger partial charge on any atom is 0.217 e. The Morgan fingerprint density at radius 1 is 1.43 bits per heavy atom. The molecule has 82 valence electrons. The first kappa shape index (κ1) is 11.7. The van der Waals surface area contributed by atoms with Crippen LogP contribution in [-0.4, -0.2) is 19.2 Å². The summed E-state index contributed by atoms with van der Waals surface area (Å²) < 4.78 is 25.6. The molecular weight excluding hydrogens is 198 g/mol. The SMILES string of the molecule is C=C1CCCC1NS(=O)(=O)C(C)(C)C. The van der Waals surface area contributed by atoms with E-state index in [4.69, 9.17) is 0 Å². The van der Waals surface area contributed by atoms with E-state index in [2.05, 4.69) is 11.3 Å². The molecule has 0 aromatic carbocycles. The standard InChI is InChI=1S/C10H19NO2S/c1-8-6-5-7-9(8)11-14(12,13)10(2,3)4/h9,11H,1,5-7H2,2-4H3. The first-order valence-electron chi connectivity index (χ1n) is 4.93. The Morgan fingerprint density at radius 2 is 2.00 bits per heavy atom. The lowest BCUT2D eigenvalue weighted by Gasteiger charge is -2.23. The van der Waals surface area contributed by atoms with Crippen LogP contribution in [0.2, 0.25) is 0 Å². The summed E-state index contributed by atoms with van der Waals surface area (Å²) >= 11 is 0. The number of hydrogen-bond acceptors (Lipinski definition) is 2. The van der Waals surface area contributed by atoms with Crippen LogP contribution in [0.3, 0.4) is 0 Å². The largest absolute Gasteiger partial charge is 0.217 e. The molecule has 1 aliphatic rings. The number of sulfonamides is 1. The van der Waals surface area contributed by atoms with Crippen molar-refractivity contribution >= 4 is 10.0 Å². The highest BCUT2D eigenvalue weighted by Gasteiger charge is 2.33. The second kappa shape index (κ2) is 3.66. The van der Waals surface area contributed by atoms with Gasteiger partial charge >= 0.3 is 0 Å². The molecule has 0 aliphatic heterocycles. The van der Waals surface area contributed by atoms with E-state index in [-0.39, 0.29) is 6.04 Å². The molecule has 0 bridgehead atoms. The third-order valence-electron chi connectivity index (χ3n) is 2.59.